The highest BCUT2D eigenvalue weighted by atomic mass is 16.4. The molecule has 4 heteroatoms. The molecule has 1 rings (SSSR count). The number of hydrogen-bond donors (Lipinski definition) is 3. The molecule has 0 saturated heterocycles. The van der Waals surface area contributed by atoms with Crippen LogP contribution in [0.1, 0.15) is 39.0 Å². The van der Waals surface area contributed by atoms with Crippen molar-refractivity contribution < 1.29 is 15.0 Å². The average molecular weight is 215 g/mol. The van der Waals surface area contributed by atoms with Gasteiger partial charge in [0.1, 0.15) is 0 Å². The van der Waals surface area contributed by atoms with Gasteiger partial charge in [-0.3, -0.25) is 4.79 Å². The molecule has 3 atom stereocenters. The van der Waals surface area contributed by atoms with Gasteiger partial charge in [0.2, 0.25) is 0 Å². The van der Waals surface area contributed by atoms with Gasteiger partial charge in [-0.1, -0.05) is 19.8 Å². The summed E-state index contributed by atoms with van der Waals surface area (Å²) >= 11 is 0. The summed E-state index contributed by atoms with van der Waals surface area (Å²) in [6, 6.07) is 0. The lowest BCUT2D eigenvalue weighted by molar-refractivity contribution is -0.145. The second-order valence-electron chi connectivity index (χ2n) is 4.85. The molecule has 88 valence electrons. The summed E-state index contributed by atoms with van der Waals surface area (Å²) in [4.78, 5) is 10.7. The molecule has 1 saturated carbocycles. The Labute approximate surface area is 90.5 Å². The number of carbonyl (C=O) groups is 1. The largest absolute Gasteiger partial charge is 0.481 e. The van der Waals surface area contributed by atoms with Crippen LogP contribution in [-0.4, -0.2) is 28.3 Å². The fraction of sp³-hybridized carbons (Fsp3) is 0.909. The third-order valence-electron chi connectivity index (χ3n) is 3.51. The smallest absolute Gasteiger partial charge is 0.306 e. The molecule has 3 unspecified atom stereocenters. The molecular formula is C11H21NO3. The van der Waals surface area contributed by atoms with Crippen molar-refractivity contribution in [1.82, 2.24) is 0 Å². The van der Waals surface area contributed by atoms with E-state index >= 15 is 0 Å². The first-order valence-electron chi connectivity index (χ1n) is 5.62. The lowest BCUT2D eigenvalue weighted by Gasteiger charge is -2.38. The van der Waals surface area contributed by atoms with Crippen molar-refractivity contribution in [2.24, 2.45) is 17.6 Å². The molecule has 0 aromatic rings. The first-order chi connectivity index (χ1) is 6.98. The minimum Gasteiger partial charge on any atom is -0.481 e. The van der Waals surface area contributed by atoms with Gasteiger partial charge in [-0.25, -0.2) is 0 Å². The van der Waals surface area contributed by atoms with Crippen LogP contribution in [0.2, 0.25) is 0 Å². The topological polar surface area (TPSA) is 83.5 Å². The van der Waals surface area contributed by atoms with Crippen molar-refractivity contribution in [3.8, 4) is 0 Å². The van der Waals surface area contributed by atoms with Crippen molar-refractivity contribution in [3.05, 3.63) is 0 Å². The summed E-state index contributed by atoms with van der Waals surface area (Å²) in [5, 5.41) is 19.0. The maximum Gasteiger partial charge on any atom is 0.306 e. The van der Waals surface area contributed by atoms with E-state index < -0.39 is 11.6 Å². The van der Waals surface area contributed by atoms with Crippen molar-refractivity contribution in [2.75, 3.05) is 6.54 Å². The minimum absolute atomic E-state index is 0.0384. The molecule has 1 aliphatic carbocycles. The van der Waals surface area contributed by atoms with Crippen molar-refractivity contribution in [2.45, 2.75) is 44.6 Å². The van der Waals surface area contributed by atoms with E-state index in [1.807, 2.05) is 0 Å². The third kappa shape index (κ3) is 3.18. The fourth-order valence-corrected chi connectivity index (χ4v) is 2.57. The molecule has 4 nitrogen and oxygen atoms in total. The number of aliphatic hydroxyl groups is 1. The van der Waals surface area contributed by atoms with Crippen LogP contribution in [0.3, 0.4) is 0 Å². The van der Waals surface area contributed by atoms with Crippen LogP contribution in [0, 0.1) is 11.8 Å². The van der Waals surface area contributed by atoms with Gasteiger partial charge in [0.25, 0.3) is 0 Å². The Hall–Kier alpha value is -0.610. The number of aliphatic carboxylic acids is 1. The van der Waals surface area contributed by atoms with Crippen LogP contribution in [0.25, 0.3) is 0 Å². The van der Waals surface area contributed by atoms with Gasteiger partial charge in [0, 0.05) is 6.54 Å². The van der Waals surface area contributed by atoms with Gasteiger partial charge in [0.15, 0.2) is 0 Å². The van der Waals surface area contributed by atoms with Gasteiger partial charge in [-0.05, 0) is 24.7 Å². The van der Waals surface area contributed by atoms with Crippen LogP contribution >= 0.6 is 0 Å². The summed E-state index contributed by atoms with van der Waals surface area (Å²) in [6.07, 6.45) is 3.78. The lowest BCUT2D eigenvalue weighted by Crippen LogP contribution is -2.48. The van der Waals surface area contributed by atoms with Crippen LogP contribution in [0.4, 0.5) is 0 Å². The minimum atomic E-state index is -1.21. The van der Waals surface area contributed by atoms with E-state index in [0.717, 1.165) is 19.3 Å². The lowest BCUT2D eigenvalue weighted by atomic mass is 9.72. The molecule has 1 fully saturated rings. The highest BCUT2D eigenvalue weighted by Gasteiger charge is 2.39. The standard InChI is InChI=1S/C11H21NO3/c1-8-3-2-4-9(5-8)11(15,7-12)6-10(13)14/h8-9,15H,2-7,12H2,1H3,(H,13,14). The van der Waals surface area contributed by atoms with Crippen molar-refractivity contribution in [3.63, 3.8) is 0 Å². The summed E-state index contributed by atoms with van der Waals surface area (Å²) in [5.74, 6) is -0.362. The van der Waals surface area contributed by atoms with E-state index in [9.17, 15) is 9.90 Å². The molecule has 4 N–H and O–H groups in total. The van der Waals surface area contributed by atoms with Crippen LogP contribution < -0.4 is 5.73 Å². The summed E-state index contributed by atoms with van der Waals surface area (Å²) in [7, 11) is 0. The van der Waals surface area contributed by atoms with E-state index in [1.54, 1.807) is 0 Å². The number of nitrogens with two attached hydrogens (primary N) is 1. The molecule has 0 amide bonds. The molecule has 0 aromatic heterocycles. The first-order valence-corrected chi connectivity index (χ1v) is 5.62. The Balaban J connectivity index is 2.66. The molecule has 1 aliphatic rings. The molecule has 0 heterocycles. The average Bonchev–Trinajstić information content (AvgIpc) is 2.16. The summed E-state index contributed by atoms with van der Waals surface area (Å²) < 4.78 is 0. The zero-order valence-corrected chi connectivity index (χ0v) is 9.28. The molecule has 15 heavy (non-hydrogen) atoms. The van der Waals surface area contributed by atoms with E-state index in [1.165, 1.54) is 6.42 Å². The Morgan fingerprint density at radius 2 is 2.20 bits per heavy atom. The predicted molar refractivity (Wildman–Crippen MR) is 57.4 cm³/mol. The van der Waals surface area contributed by atoms with Crippen molar-refractivity contribution >= 4 is 5.97 Å². The molecule has 0 aromatic carbocycles. The summed E-state index contributed by atoms with van der Waals surface area (Å²) in [6.45, 7) is 2.18. The van der Waals surface area contributed by atoms with E-state index in [2.05, 4.69) is 6.92 Å². The molecule has 0 radical (unpaired) electrons. The van der Waals surface area contributed by atoms with Gasteiger partial charge in [-0.2, -0.15) is 0 Å². The zero-order chi connectivity index (χ0) is 11.5. The van der Waals surface area contributed by atoms with E-state index in [-0.39, 0.29) is 18.9 Å². The normalized spacial score (nSPS) is 30.9. The number of hydrogen-bond acceptors (Lipinski definition) is 3. The molecule has 0 aliphatic heterocycles. The maximum absolute atomic E-state index is 10.7. The van der Waals surface area contributed by atoms with Gasteiger partial charge < -0.3 is 15.9 Å². The predicted octanol–water partition coefficient (Wildman–Crippen LogP) is 0.977. The molecule has 0 bridgehead atoms. The number of rotatable bonds is 4. The molecule has 0 spiro atoms. The van der Waals surface area contributed by atoms with Crippen LogP contribution in [0.15, 0.2) is 0 Å². The Bertz CT molecular complexity index is 232. The van der Waals surface area contributed by atoms with Crippen molar-refractivity contribution in [1.29, 1.82) is 0 Å². The van der Waals surface area contributed by atoms with Gasteiger partial charge in [-0.15, -0.1) is 0 Å². The number of carboxylic acid groups (broad SMARTS) is 1. The van der Waals surface area contributed by atoms with Crippen LogP contribution in [-0.2, 0) is 4.79 Å². The highest BCUT2D eigenvalue weighted by Crippen LogP contribution is 2.36. The third-order valence-corrected chi connectivity index (χ3v) is 3.51. The second kappa shape index (κ2) is 4.94. The van der Waals surface area contributed by atoms with E-state index in [4.69, 9.17) is 10.8 Å². The summed E-state index contributed by atoms with van der Waals surface area (Å²) in [5.41, 5.74) is 4.31. The number of carboxylic acids is 1. The monoisotopic (exact) mass is 215 g/mol. The van der Waals surface area contributed by atoms with E-state index in [0.29, 0.717) is 5.92 Å². The highest BCUT2D eigenvalue weighted by molar-refractivity contribution is 5.68. The van der Waals surface area contributed by atoms with Gasteiger partial charge >= 0.3 is 5.97 Å². The Morgan fingerprint density at radius 1 is 1.53 bits per heavy atom. The Morgan fingerprint density at radius 3 is 2.67 bits per heavy atom. The Kier molecular flexibility index (Phi) is 4.11. The van der Waals surface area contributed by atoms with Crippen LogP contribution in [0.5, 0.6) is 0 Å². The quantitative estimate of drug-likeness (QED) is 0.652. The molecular weight excluding hydrogens is 194 g/mol. The fourth-order valence-electron chi connectivity index (χ4n) is 2.57. The first kappa shape index (κ1) is 12.5. The van der Waals surface area contributed by atoms with Gasteiger partial charge in [0.05, 0.1) is 12.0 Å². The second-order valence-corrected chi connectivity index (χ2v) is 4.85. The SMILES string of the molecule is CC1CCCC(C(O)(CN)CC(=O)O)C1. The maximum atomic E-state index is 10.7. The zero-order valence-electron chi connectivity index (χ0n) is 9.28.